The van der Waals surface area contributed by atoms with E-state index in [-0.39, 0.29) is 5.56 Å². The van der Waals surface area contributed by atoms with Gasteiger partial charge < -0.3 is 5.32 Å². The first-order valence-corrected chi connectivity index (χ1v) is 7.87. The highest BCUT2D eigenvalue weighted by Crippen LogP contribution is 2.21. The van der Waals surface area contributed by atoms with E-state index in [9.17, 15) is 4.79 Å². The lowest BCUT2D eigenvalue weighted by molar-refractivity contribution is 0.703. The van der Waals surface area contributed by atoms with Crippen LogP contribution in [0.2, 0.25) is 0 Å². The summed E-state index contributed by atoms with van der Waals surface area (Å²) < 4.78 is 3.56. The van der Waals surface area contributed by atoms with Crippen molar-refractivity contribution in [3.8, 4) is 11.1 Å². The molecule has 0 aliphatic heterocycles. The number of hydrogen-bond donors (Lipinski definition) is 1. The van der Waals surface area contributed by atoms with Crippen molar-refractivity contribution in [2.45, 2.75) is 6.54 Å². The molecule has 7 heteroatoms. The first-order chi connectivity index (χ1) is 11.0. The van der Waals surface area contributed by atoms with Crippen molar-refractivity contribution < 1.29 is 0 Å². The van der Waals surface area contributed by atoms with E-state index in [4.69, 9.17) is 0 Å². The van der Waals surface area contributed by atoms with Crippen molar-refractivity contribution in [1.82, 2.24) is 19.6 Å². The van der Waals surface area contributed by atoms with Crippen molar-refractivity contribution >= 4 is 21.6 Å². The summed E-state index contributed by atoms with van der Waals surface area (Å²) in [6.45, 7) is 0.599. The van der Waals surface area contributed by atoms with E-state index in [1.807, 2.05) is 31.6 Å². The Kier molecular flexibility index (Phi) is 4.29. The van der Waals surface area contributed by atoms with Crippen LogP contribution >= 0.6 is 15.9 Å². The van der Waals surface area contributed by atoms with Crippen molar-refractivity contribution in [2.24, 2.45) is 14.1 Å². The first kappa shape index (κ1) is 15.5. The zero-order valence-corrected chi connectivity index (χ0v) is 14.4. The van der Waals surface area contributed by atoms with Crippen LogP contribution in [-0.4, -0.2) is 19.6 Å². The normalized spacial score (nSPS) is 10.7. The number of aryl methyl sites for hydroxylation is 2. The largest absolute Gasteiger partial charge is 0.379 e. The average Bonchev–Trinajstić information content (AvgIpc) is 2.99. The third-order valence-corrected chi connectivity index (χ3v) is 4.29. The number of halogens is 1. The number of rotatable bonds is 4. The Morgan fingerprint density at radius 3 is 2.74 bits per heavy atom. The maximum Gasteiger partial charge on any atom is 0.282 e. The zero-order chi connectivity index (χ0) is 16.4. The summed E-state index contributed by atoms with van der Waals surface area (Å²) in [5, 5.41) is 11.5. The molecule has 0 aliphatic carbocycles. The lowest BCUT2D eigenvalue weighted by Gasteiger charge is -2.09. The first-order valence-electron chi connectivity index (χ1n) is 7.08. The minimum Gasteiger partial charge on any atom is -0.379 e. The highest BCUT2D eigenvalue weighted by atomic mass is 79.9. The third-order valence-electron chi connectivity index (χ3n) is 3.53. The quantitative estimate of drug-likeness (QED) is 0.763. The SMILES string of the molecule is Cn1cc(-c2cccc(CNc3cnn(C)c(=O)c3Br)c2)cn1. The zero-order valence-electron chi connectivity index (χ0n) is 12.8. The van der Waals surface area contributed by atoms with Crippen LogP contribution in [0.1, 0.15) is 5.56 Å². The van der Waals surface area contributed by atoms with Gasteiger partial charge in [-0.15, -0.1) is 0 Å². The monoisotopic (exact) mass is 373 g/mol. The number of aromatic nitrogens is 4. The average molecular weight is 374 g/mol. The molecule has 1 N–H and O–H groups in total. The molecule has 2 heterocycles. The number of hydrogen-bond acceptors (Lipinski definition) is 4. The molecule has 1 aromatic carbocycles. The van der Waals surface area contributed by atoms with Gasteiger partial charge in [-0.2, -0.15) is 10.2 Å². The van der Waals surface area contributed by atoms with E-state index in [1.54, 1.807) is 17.9 Å². The molecule has 0 atom stereocenters. The summed E-state index contributed by atoms with van der Waals surface area (Å²) in [5.74, 6) is 0. The lowest BCUT2D eigenvalue weighted by Crippen LogP contribution is -2.21. The van der Waals surface area contributed by atoms with E-state index in [2.05, 4.69) is 43.6 Å². The minimum absolute atomic E-state index is 0.167. The molecule has 0 spiro atoms. The number of benzene rings is 1. The van der Waals surface area contributed by atoms with Gasteiger partial charge in [-0.25, -0.2) is 4.68 Å². The Labute approximate surface area is 141 Å². The van der Waals surface area contributed by atoms with Crippen molar-refractivity contribution in [3.05, 3.63) is 63.2 Å². The van der Waals surface area contributed by atoms with Gasteiger partial charge in [0.2, 0.25) is 0 Å². The van der Waals surface area contributed by atoms with Crippen LogP contribution < -0.4 is 10.9 Å². The van der Waals surface area contributed by atoms with E-state index in [0.29, 0.717) is 16.7 Å². The summed E-state index contributed by atoms with van der Waals surface area (Å²) in [4.78, 5) is 11.8. The van der Waals surface area contributed by atoms with Crippen LogP contribution in [-0.2, 0) is 20.6 Å². The van der Waals surface area contributed by atoms with E-state index < -0.39 is 0 Å². The van der Waals surface area contributed by atoms with Gasteiger partial charge in [-0.1, -0.05) is 18.2 Å². The van der Waals surface area contributed by atoms with Gasteiger partial charge in [-0.05, 0) is 33.1 Å². The van der Waals surface area contributed by atoms with Crippen LogP contribution in [0.5, 0.6) is 0 Å². The molecule has 2 aromatic heterocycles. The fourth-order valence-corrected chi connectivity index (χ4v) is 2.76. The minimum atomic E-state index is -0.167. The van der Waals surface area contributed by atoms with E-state index in [0.717, 1.165) is 16.7 Å². The molecule has 118 valence electrons. The highest BCUT2D eigenvalue weighted by molar-refractivity contribution is 9.10. The summed E-state index contributed by atoms with van der Waals surface area (Å²) in [5.41, 5.74) is 3.81. The summed E-state index contributed by atoms with van der Waals surface area (Å²) >= 11 is 3.31. The fraction of sp³-hybridized carbons (Fsp3) is 0.188. The molecule has 23 heavy (non-hydrogen) atoms. The molecule has 0 amide bonds. The van der Waals surface area contributed by atoms with Crippen LogP contribution in [0.3, 0.4) is 0 Å². The van der Waals surface area contributed by atoms with Crippen molar-refractivity contribution in [2.75, 3.05) is 5.32 Å². The number of nitrogens with one attached hydrogen (secondary N) is 1. The van der Waals surface area contributed by atoms with Gasteiger partial charge in [0.05, 0.1) is 18.1 Å². The molecule has 0 saturated heterocycles. The second kappa shape index (κ2) is 6.37. The second-order valence-electron chi connectivity index (χ2n) is 5.26. The fourth-order valence-electron chi connectivity index (χ4n) is 2.26. The van der Waals surface area contributed by atoms with Crippen LogP contribution in [0, 0.1) is 0 Å². The molecule has 6 nitrogen and oxygen atoms in total. The molecule has 0 fully saturated rings. The van der Waals surface area contributed by atoms with Gasteiger partial charge in [0.25, 0.3) is 5.56 Å². The number of nitrogens with zero attached hydrogens (tertiary/aromatic N) is 4. The Balaban J connectivity index is 1.79. The highest BCUT2D eigenvalue weighted by Gasteiger charge is 2.07. The molecule has 0 aliphatic rings. The van der Waals surface area contributed by atoms with E-state index in [1.165, 1.54) is 4.68 Å². The van der Waals surface area contributed by atoms with Gasteiger partial charge in [0.1, 0.15) is 4.47 Å². The van der Waals surface area contributed by atoms with Crippen LogP contribution in [0.4, 0.5) is 5.69 Å². The van der Waals surface area contributed by atoms with Crippen molar-refractivity contribution in [1.29, 1.82) is 0 Å². The van der Waals surface area contributed by atoms with Crippen LogP contribution in [0.25, 0.3) is 11.1 Å². The topological polar surface area (TPSA) is 64.7 Å². The number of anilines is 1. The van der Waals surface area contributed by atoms with Gasteiger partial charge in [0, 0.05) is 32.4 Å². The van der Waals surface area contributed by atoms with Gasteiger partial charge in [-0.3, -0.25) is 9.48 Å². The molecular weight excluding hydrogens is 358 g/mol. The standard InChI is InChI=1S/C16H16BrN5O/c1-21-10-13(8-19-21)12-5-3-4-11(6-12)7-18-14-9-20-22(2)16(23)15(14)17/h3-6,8-10,18H,7H2,1-2H3. The molecule has 0 radical (unpaired) electrons. The Hall–Kier alpha value is -2.41. The van der Waals surface area contributed by atoms with Gasteiger partial charge >= 0.3 is 0 Å². The molecular formula is C16H16BrN5O. The van der Waals surface area contributed by atoms with Gasteiger partial charge in [0.15, 0.2) is 0 Å². The van der Waals surface area contributed by atoms with E-state index >= 15 is 0 Å². The molecule has 3 aromatic rings. The maximum atomic E-state index is 11.8. The smallest absolute Gasteiger partial charge is 0.282 e. The predicted octanol–water partition coefficient (Wildman–Crippen LogP) is 2.56. The molecule has 0 bridgehead atoms. The maximum absolute atomic E-state index is 11.8. The van der Waals surface area contributed by atoms with Crippen molar-refractivity contribution in [3.63, 3.8) is 0 Å². The van der Waals surface area contributed by atoms with Crippen LogP contribution in [0.15, 0.2) is 52.1 Å². The Bertz CT molecular complexity index is 899. The summed E-state index contributed by atoms with van der Waals surface area (Å²) in [6, 6.07) is 8.20. The Morgan fingerprint density at radius 1 is 1.17 bits per heavy atom. The Morgan fingerprint density at radius 2 is 2.00 bits per heavy atom. The summed E-state index contributed by atoms with van der Waals surface area (Å²) in [7, 11) is 3.52. The molecule has 0 saturated carbocycles. The second-order valence-corrected chi connectivity index (χ2v) is 6.05. The molecule has 0 unspecified atom stereocenters. The molecule has 3 rings (SSSR count). The predicted molar refractivity (Wildman–Crippen MR) is 93.1 cm³/mol. The summed E-state index contributed by atoms with van der Waals surface area (Å²) in [6.07, 6.45) is 5.46. The lowest BCUT2D eigenvalue weighted by atomic mass is 10.1. The third kappa shape index (κ3) is 3.34.